The average molecular weight is 359 g/mol. The van der Waals surface area contributed by atoms with Crippen LogP contribution < -0.4 is 5.32 Å². The van der Waals surface area contributed by atoms with Gasteiger partial charge in [0.1, 0.15) is 0 Å². The summed E-state index contributed by atoms with van der Waals surface area (Å²) in [5.74, 6) is 0.380. The fourth-order valence-electron chi connectivity index (χ4n) is 2.93. The van der Waals surface area contributed by atoms with Gasteiger partial charge in [0.25, 0.3) is 0 Å². The Bertz CT molecular complexity index is 519. The van der Waals surface area contributed by atoms with Crippen molar-refractivity contribution < 1.29 is 9.53 Å². The monoisotopic (exact) mass is 358 g/mol. The molecule has 1 atom stereocenters. The molecule has 1 N–H and O–H groups in total. The van der Waals surface area contributed by atoms with E-state index in [2.05, 4.69) is 10.2 Å². The average Bonchev–Trinajstić information content (AvgIpc) is 2.54. The summed E-state index contributed by atoms with van der Waals surface area (Å²) in [6.07, 6.45) is 3.18. The number of esters is 1. The van der Waals surface area contributed by atoms with Crippen LogP contribution in [0.2, 0.25) is 10.0 Å². The molecule has 6 heteroatoms. The van der Waals surface area contributed by atoms with Crippen molar-refractivity contribution in [1.82, 2.24) is 10.2 Å². The van der Waals surface area contributed by atoms with Crippen LogP contribution in [0.15, 0.2) is 18.2 Å². The van der Waals surface area contributed by atoms with Crippen molar-refractivity contribution in [2.45, 2.75) is 19.3 Å². The molecule has 23 heavy (non-hydrogen) atoms. The molecule has 0 bridgehead atoms. The Morgan fingerprint density at radius 3 is 2.91 bits per heavy atom. The van der Waals surface area contributed by atoms with Gasteiger partial charge in [-0.05, 0) is 56.0 Å². The van der Waals surface area contributed by atoms with E-state index in [0.717, 1.165) is 38.2 Å². The summed E-state index contributed by atoms with van der Waals surface area (Å²) in [6, 6.07) is 5.55. The zero-order chi connectivity index (χ0) is 16.7. The van der Waals surface area contributed by atoms with Crippen molar-refractivity contribution in [1.29, 1.82) is 0 Å². The van der Waals surface area contributed by atoms with E-state index >= 15 is 0 Å². The molecule has 1 heterocycles. The van der Waals surface area contributed by atoms with E-state index in [0.29, 0.717) is 22.5 Å². The van der Waals surface area contributed by atoms with Gasteiger partial charge in [0, 0.05) is 23.1 Å². The van der Waals surface area contributed by atoms with Crippen molar-refractivity contribution in [3.05, 3.63) is 33.8 Å². The van der Waals surface area contributed by atoms with Crippen molar-refractivity contribution in [2.75, 3.05) is 39.8 Å². The molecule has 0 spiro atoms. The van der Waals surface area contributed by atoms with Crippen molar-refractivity contribution >= 4 is 29.2 Å². The Labute approximate surface area is 148 Å². The van der Waals surface area contributed by atoms with E-state index in [1.54, 1.807) is 6.07 Å². The predicted octanol–water partition coefficient (Wildman–Crippen LogP) is 3.01. The zero-order valence-electron chi connectivity index (χ0n) is 13.5. The van der Waals surface area contributed by atoms with E-state index in [9.17, 15) is 4.79 Å². The van der Waals surface area contributed by atoms with Crippen LogP contribution in [0.25, 0.3) is 0 Å². The fourth-order valence-corrected chi connectivity index (χ4v) is 3.43. The Morgan fingerprint density at radius 2 is 2.26 bits per heavy atom. The SMILES string of the molecule is COC(=O)CN(CCc1ccc(Cl)cc1Cl)CC1CCCNC1. The third-order valence-corrected chi connectivity index (χ3v) is 4.80. The molecule has 0 aliphatic carbocycles. The van der Waals surface area contributed by atoms with Crippen LogP contribution in [-0.4, -0.2) is 50.7 Å². The van der Waals surface area contributed by atoms with Crippen LogP contribution in [0.5, 0.6) is 0 Å². The maximum atomic E-state index is 11.7. The number of nitrogens with zero attached hydrogens (tertiary/aromatic N) is 1. The van der Waals surface area contributed by atoms with Gasteiger partial charge in [-0.25, -0.2) is 0 Å². The molecular formula is C17H24Cl2N2O2. The first kappa shape index (κ1) is 18.5. The molecule has 1 fully saturated rings. The van der Waals surface area contributed by atoms with Crippen molar-refractivity contribution in [3.8, 4) is 0 Å². The molecule has 1 aromatic rings. The van der Waals surface area contributed by atoms with E-state index < -0.39 is 0 Å². The third kappa shape index (κ3) is 6.30. The zero-order valence-corrected chi connectivity index (χ0v) is 15.0. The highest BCUT2D eigenvalue weighted by Crippen LogP contribution is 2.22. The molecule has 4 nitrogen and oxygen atoms in total. The summed E-state index contributed by atoms with van der Waals surface area (Å²) in [5, 5.41) is 4.73. The fraction of sp³-hybridized carbons (Fsp3) is 0.588. The number of rotatable bonds is 7. The lowest BCUT2D eigenvalue weighted by atomic mass is 9.99. The Morgan fingerprint density at radius 1 is 1.43 bits per heavy atom. The summed E-state index contributed by atoms with van der Waals surface area (Å²) in [5.41, 5.74) is 1.05. The summed E-state index contributed by atoms with van der Waals surface area (Å²) in [4.78, 5) is 13.8. The molecule has 1 aliphatic rings. The first-order chi connectivity index (χ1) is 11.1. The molecule has 0 aromatic heterocycles. The summed E-state index contributed by atoms with van der Waals surface area (Å²) in [7, 11) is 1.43. The van der Waals surface area contributed by atoms with Gasteiger partial charge in [0.05, 0.1) is 13.7 Å². The minimum Gasteiger partial charge on any atom is -0.468 e. The lowest BCUT2D eigenvalue weighted by Crippen LogP contribution is -2.41. The maximum Gasteiger partial charge on any atom is 0.319 e. The highest BCUT2D eigenvalue weighted by atomic mass is 35.5. The lowest BCUT2D eigenvalue weighted by Gasteiger charge is -2.29. The van der Waals surface area contributed by atoms with Crippen LogP contribution in [-0.2, 0) is 16.0 Å². The van der Waals surface area contributed by atoms with Gasteiger partial charge < -0.3 is 10.1 Å². The topological polar surface area (TPSA) is 41.6 Å². The number of ether oxygens (including phenoxy) is 1. The molecule has 0 saturated carbocycles. The largest absolute Gasteiger partial charge is 0.468 e. The molecule has 1 saturated heterocycles. The van der Waals surface area contributed by atoms with E-state index in [-0.39, 0.29) is 5.97 Å². The second-order valence-corrected chi connectivity index (χ2v) is 6.85. The van der Waals surface area contributed by atoms with Gasteiger partial charge in [-0.2, -0.15) is 0 Å². The molecule has 0 radical (unpaired) electrons. The number of methoxy groups -OCH3 is 1. The minimum absolute atomic E-state index is 0.198. The minimum atomic E-state index is -0.198. The van der Waals surface area contributed by atoms with Gasteiger partial charge in [0.15, 0.2) is 0 Å². The van der Waals surface area contributed by atoms with Crippen LogP contribution in [0.1, 0.15) is 18.4 Å². The predicted molar refractivity (Wildman–Crippen MR) is 94.2 cm³/mol. The number of carbonyl (C=O) groups excluding carboxylic acids is 1. The first-order valence-electron chi connectivity index (χ1n) is 8.02. The summed E-state index contributed by atoms with van der Waals surface area (Å²) < 4.78 is 4.82. The van der Waals surface area contributed by atoms with Crippen molar-refractivity contribution in [3.63, 3.8) is 0 Å². The molecular weight excluding hydrogens is 335 g/mol. The van der Waals surface area contributed by atoms with Gasteiger partial charge >= 0.3 is 5.97 Å². The summed E-state index contributed by atoms with van der Waals surface area (Å²) in [6.45, 7) is 4.09. The molecule has 2 rings (SSSR count). The Kier molecular flexibility index (Phi) is 7.63. The standard InChI is InChI=1S/C17H24Cl2N2O2/c1-23-17(22)12-21(11-13-3-2-7-20-10-13)8-6-14-4-5-15(18)9-16(14)19/h4-5,9,13,20H,2-3,6-8,10-12H2,1H3. The second-order valence-electron chi connectivity index (χ2n) is 6.01. The third-order valence-electron chi connectivity index (χ3n) is 4.21. The van der Waals surface area contributed by atoms with E-state index in [4.69, 9.17) is 27.9 Å². The molecule has 0 amide bonds. The number of piperidine rings is 1. The number of halogens is 2. The maximum absolute atomic E-state index is 11.7. The van der Waals surface area contributed by atoms with Crippen LogP contribution in [0.3, 0.4) is 0 Å². The number of benzene rings is 1. The van der Waals surface area contributed by atoms with E-state index in [1.165, 1.54) is 20.0 Å². The van der Waals surface area contributed by atoms with Gasteiger partial charge in [0.2, 0.25) is 0 Å². The van der Waals surface area contributed by atoms with Crippen molar-refractivity contribution in [2.24, 2.45) is 5.92 Å². The van der Waals surface area contributed by atoms with Gasteiger partial charge in [-0.1, -0.05) is 29.3 Å². The van der Waals surface area contributed by atoms with Gasteiger partial charge in [-0.15, -0.1) is 0 Å². The molecule has 128 valence electrons. The smallest absolute Gasteiger partial charge is 0.319 e. The molecule has 1 aromatic carbocycles. The molecule has 1 unspecified atom stereocenters. The second kappa shape index (κ2) is 9.48. The summed E-state index contributed by atoms with van der Waals surface area (Å²) >= 11 is 12.2. The Balaban J connectivity index is 1.93. The van der Waals surface area contributed by atoms with Crippen LogP contribution >= 0.6 is 23.2 Å². The Hall–Kier alpha value is -0.810. The highest BCUT2D eigenvalue weighted by molar-refractivity contribution is 6.35. The first-order valence-corrected chi connectivity index (χ1v) is 8.78. The van der Waals surface area contributed by atoms with Gasteiger partial charge in [-0.3, -0.25) is 9.69 Å². The normalized spacial score (nSPS) is 18.2. The number of nitrogens with one attached hydrogen (secondary N) is 1. The van der Waals surface area contributed by atoms with E-state index in [1.807, 2.05) is 12.1 Å². The number of hydrogen-bond donors (Lipinski definition) is 1. The number of hydrogen-bond acceptors (Lipinski definition) is 4. The van der Waals surface area contributed by atoms with Crippen LogP contribution in [0, 0.1) is 5.92 Å². The lowest BCUT2D eigenvalue weighted by molar-refractivity contribution is -0.142. The van der Waals surface area contributed by atoms with Crippen LogP contribution in [0.4, 0.5) is 0 Å². The highest BCUT2D eigenvalue weighted by Gasteiger charge is 2.19. The molecule has 1 aliphatic heterocycles. The quantitative estimate of drug-likeness (QED) is 0.760. The number of carbonyl (C=O) groups is 1.